The van der Waals surface area contributed by atoms with Gasteiger partial charge in [0.2, 0.25) is 5.91 Å². The van der Waals surface area contributed by atoms with Gasteiger partial charge in [-0.3, -0.25) is 9.69 Å². The van der Waals surface area contributed by atoms with E-state index in [1.807, 2.05) is 24.9 Å². The summed E-state index contributed by atoms with van der Waals surface area (Å²) < 4.78 is 0. The van der Waals surface area contributed by atoms with Gasteiger partial charge < -0.3 is 10.6 Å². The predicted molar refractivity (Wildman–Crippen MR) is 89.7 cm³/mol. The van der Waals surface area contributed by atoms with Crippen molar-refractivity contribution in [3.05, 3.63) is 11.1 Å². The number of carbonyl (C=O) groups is 1. The van der Waals surface area contributed by atoms with Crippen molar-refractivity contribution in [3.8, 4) is 0 Å². The Morgan fingerprint density at radius 3 is 2.52 bits per heavy atom. The number of hydrogen-bond acceptors (Lipinski definition) is 5. The van der Waals surface area contributed by atoms with E-state index in [4.69, 9.17) is 5.73 Å². The van der Waals surface area contributed by atoms with Crippen molar-refractivity contribution >= 4 is 34.8 Å². The van der Waals surface area contributed by atoms with Crippen molar-refractivity contribution in [2.45, 2.75) is 33.2 Å². The molecule has 1 aromatic heterocycles. The van der Waals surface area contributed by atoms with Crippen LogP contribution in [0.4, 0.5) is 5.13 Å². The lowest BCUT2D eigenvalue weighted by atomic mass is 9.95. The lowest BCUT2D eigenvalue weighted by molar-refractivity contribution is -0.136. The number of anilines is 1. The van der Waals surface area contributed by atoms with Crippen LogP contribution < -0.4 is 5.73 Å². The fraction of sp³-hybridized carbons (Fsp3) is 0.714. The topological polar surface area (TPSA) is 62.5 Å². The van der Waals surface area contributed by atoms with Crippen molar-refractivity contribution in [1.82, 2.24) is 14.8 Å². The molecule has 0 saturated carbocycles. The van der Waals surface area contributed by atoms with Gasteiger partial charge in [-0.2, -0.15) is 0 Å². The van der Waals surface area contributed by atoms with Crippen LogP contribution >= 0.6 is 23.7 Å². The Labute approximate surface area is 136 Å². The van der Waals surface area contributed by atoms with Crippen LogP contribution in [-0.2, 0) is 11.3 Å². The molecule has 1 saturated heterocycles. The Kier molecular flexibility index (Phi) is 7.42. The number of piperidine rings is 1. The van der Waals surface area contributed by atoms with E-state index >= 15 is 0 Å². The van der Waals surface area contributed by atoms with Gasteiger partial charge in [0.05, 0.1) is 0 Å². The summed E-state index contributed by atoms with van der Waals surface area (Å²) in [6.45, 7) is 8.59. The molecule has 2 heterocycles. The average molecular weight is 333 g/mol. The number of nitrogens with zero attached hydrogens (tertiary/aromatic N) is 3. The molecule has 0 aromatic carbocycles. The molecule has 0 aliphatic carbocycles. The Morgan fingerprint density at radius 2 is 2.05 bits per heavy atom. The molecule has 0 radical (unpaired) electrons. The molecule has 5 nitrogen and oxygen atoms in total. The number of thiazole rings is 1. The zero-order valence-electron chi connectivity index (χ0n) is 12.7. The Bertz CT molecular complexity index is 442. The summed E-state index contributed by atoms with van der Waals surface area (Å²) in [5.41, 5.74) is 5.65. The van der Waals surface area contributed by atoms with E-state index in [0.29, 0.717) is 11.0 Å². The molecule has 0 spiro atoms. The van der Waals surface area contributed by atoms with Crippen molar-refractivity contribution in [2.75, 3.05) is 31.9 Å². The number of hydrogen-bond donors (Lipinski definition) is 1. The molecular weight excluding hydrogens is 308 g/mol. The van der Waals surface area contributed by atoms with E-state index in [1.165, 1.54) is 4.88 Å². The molecule has 1 amide bonds. The third-order valence-electron chi connectivity index (χ3n) is 3.96. The minimum absolute atomic E-state index is 0. The second-order valence-corrected chi connectivity index (χ2v) is 6.37. The van der Waals surface area contributed by atoms with E-state index in [2.05, 4.69) is 9.88 Å². The van der Waals surface area contributed by atoms with Crippen LogP contribution in [0.5, 0.6) is 0 Å². The van der Waals surface area contributed by atoms with Gasteiger partial charge in [0.25, 0.3) is 0 Å². The highest BCUT2D eigenvalue weighted by atomic mass is 35.5. The van der Waals surface area contributed by atoms with Gasteiger partial charge in [-0.05, 0) is 39.8 Å². The van der Waals surface area contributed by atoms with E-state index < -0.39 is 0 Å². The Balaban J connectivity index is 0.00000220. The lowest BCUT2D eigenvalue weighted by Gasteiger charge is -2.33. The molecule has 2 N–H and O–H groups in total. The molecule has 0 atom stereocenters. The number of rotatable bonds is 5. The molecule has 1 aliphatic rings. The number of aromatic nitrogens is 1. The standard InChI is InChI=1S/C14H24N4OS.ClH/c1-3-18(4-2)13(19)11-5-7-17(8-6-11)10-12-9-16-14(15)20-12;/h9,11H,3-8,10H2,1-2H3,(H2,15,16);1H. The summed E-state index contributed by atoms with van der Waals surface area (Å²) in [5, 5.41) is 0.631. The highest BCUT2D eigenvalue weighted by molar-refractivity contribution is 7.15. The quantitative estimate of drug-likeness (QED) is 0.898. The first kappa shape index (κ1) is 18.2. The van der Waals surface area contributed by atoms with Gasteiger partial charge in [0, 0.05) is 36.6 Å². The van der Waals surface area contributed by atoms with E-state index in [-0.39, 0.29) is 18.3 Å². The van der Waals surface area contributed by atoms with Crippen molar-refractivity contribution < 1.29 is 4.79 Å². The van der Waals surface area contributed by atoms with Gasteiger partial charge in [-0.25, -0.2) is 4.98 Å². The minimum atomic E-state index is 0. The number of carbonyl (C=O) groups excluding carboxylic acids is 1. The van der Waals surface area contributed by atoms with E-state index in [0.717, 1.165) is 45.6 Å². The van der Waals surface area contributed by atoms with Crippen LogP contribution in [0, 0.1) is 5.92 Å². The van der Waals surface area contributed by atoms with Gasteiger partial charge in [-0.1, -0.05) is 0 Å². The largest absolute Gasteiger partial charge is 0.375 e. The Hall–Kier alpha value is -0.850. The molecule has 0 bridgehead atoms. The maximum Gasteiger partial charge on any atom is 0.225 e. The van der Waals surface area contributed by atoms with E-state index in [1.54, 1.807) is 11.3 Å². The molecular formula is C14H25ClN4OS. The van der Waals surface area contributed by atoms with E-state index in [9.17, 15) is 4.79 Å². The molecule has 1 aliphatic heterocycles. The zero-order valence-corrected chi connectivity index (χ0v) is 14.4. The number of halogens is 1. The fourth-order valence-electron chi connectivity index (χ4n) is 2.75. The first-order chi connectivity index (χ1) is 9.63. The van der Waals surface area contributed by atoms with Gasteiger partial charge in [0.1, 0.15) is 0 Å². The smallest absolute Gasteiger partial charge is 0.225 e. The normalized spacial score (nSPS) is 16.5. The third kappa shape index (κ3) is 4.83. The fourth-order valence-corrected chi connectivity index (χ4v) is 3.47. The monoisotopic (exact) mass is 332 g/mol. The van der Waals surface area contributed by atoms with Crippen LogP contribution in [0.25, 0.3) is 0 Å². The summed E-state index contributed by atoms with van der Waals surface area (Å²) in [4.78, 5) is 21.9. The van der Waals surface area contributed by atoms with Crippen LogP contribution in [0.2, 0.25) is 0 Å². The van der Waals surface area contributed by atoms with Crippen molar-refractivity contribution in [2.24, 2.45) is 5.92 Å². The van der Waals surface area contributed by atoms with Crippen LogP contribution in [-0.4, -0.2) is 46.9 Å². The third-order valence-corrected chi connectivity index (χ3v) is 4.77. The first-order valence-corrected chi connectivity index (χ1v) is 8.17. The summed E-state index contributed by atoms with van der Waals surface area (Å²) in [6.07, 6.45) is 3.78. The molecule has 2 rings (SSSR count). The predicted octanol–water partition coefficient (Wildman–Crippen LogP) is 2.23. The average Bonchev–Trinajstić information content (AvgIpc) is 2.86. The summed E-state index contributed by atoms with van der Waals surface area (Å²) in [5.74, 6) is 0.536. The zero-order chi connectivity index (χ0) is 14.5. The summed E-state index contributed by atoms with van der Waals surface area (Å²) >= 11 is 1.55. The number of likely N-dealkylation sites (tertiary alicyclic amines) is 1. The minimum Gasteiger partial charge on any atom is -0.375 e. The number of amides is 1. The highest BCUT2D eigenvalue weighted by Crippen LogP contribution is 2.23. The maximum absolute atomic E-state index is 12.3. The van der Waals surface area contributed by atoms with Crippen LogP contribution in [0.15, 0.2) is 6.20 Å². The first-order valence-electron chi connectivity index (χ1n) is 7.35. The van der Waals surface area contributed by atoms with Crippen molar-refractivity contribution in [1.29, 1.82) is 0 Å². The molecule has 1 aromatic rings. The molecule has 120 valence electrons. The van der Waals surface area contributed by atoms with Crippen LogP contribution in [0.1, 0.15) is 31.6 Å². The molecule has 21 heavy (non-hydrogen) atoms. The second-order valence-electron chi connectivity index (χ2n) is 5.23. The SMILES string of the molecule is CCN(CC)C(=O)C1CCN(Cc2cnc(N)s2)CC1.Cl. The van der Waals surface area contributed by atoms with Gasteiger partial charge >= 0.3 is 0 Å². The Morgan fingerprint density at radius 1 is 1.43 bits per heavy atom. The lowest BCUT2D eigenvalue weighted by Crippen LogP contribution is -2.42. The number of nitrogen functional groups attached to an aromatic ring is 1. The number of nitrogens with two attached hydrogens (primary N) is 1. The highest BCUT2D eigenvalue weighted by Gasteiger charge is 2.27. The summed E-state index contributed by atoms with van der Waals surface area (Å²) in [7, 11) is 0. The second kappa shape index (κ2) is 8.56. The van der Waals surface area contributed by atoms with Gasteiger partial charge in [0.15, 0.2) is 5.13 Å². The maximum atomic E-state index is 12.3. The molecule has 1 fully saturated rings. The molecule has 0 unspecified atom stereocenters. The van der Waals surface area contributed by atoms with Crippen molar-refractivity contribution in [3.63, 3.8) is 0 Å². The molecule has 7 heteroatoms. The van der Waals surface area contributed by atoms with Crippen LogP contribution in [0.3, 0.4) is 0 Å². The van der Waals surface area contributed by atoms with Gasteiger partial charge in [-0.15, -0.1) is 23.7 Å². The summed E-state index contributed by atoms with van der Waals surface area (Å²) in [6, 6.07) is 0.